The number of nitrogens with one attached hydrogen (secondary N) is 2. The number of hydrazine groups is 2. The third-order valence-electron chi connectivity index (χ3n) is 4.52. The first-order chi connectivity index (χ1) is 11.2. The molecule has 2 aliphatic rings. The Bertz CT molecular complexity index is 395. The SMILES string of the molecule is CC.[Bk].[CH2-]C(C)(C)CC(C)(C)C1=CN(CCN2CCN(C)CC2)NN1. The molecule has 0 amide bonds. The quantitative estimate of drug-likeness (QED) is 0.469. The molecule has 0 unspecified atom stereocenters. The molecule has 25 heavy (non-hydrogen) atoms. The van der Waals surface area contributed by atoms with Gasteiger partial charge < -0.3 is 17.2 Å². The predicted molar refractivity (Wildman–Crippen MR) is 104 cm³/mol. The molecule has 2 heterocycles. The summed E-state index contributed by atoms with van der Waals surface area (Å²) in [7, 11) is 2.20. The van der Waals surface area contributed by atoms with Gasteiger partial charge in [-0.2, -0.15) is 5.41 Å². The Morgan fingerprint density at radius 1 is 1.04 bits per heavy atom. The number of rotatable bonds is 6. The van der Waals surface area contributed by atoms with Gasteiger partial charge in [-0.05, 0) is 7.05 Å². The molecule has 0 aromatic rings. The second kappa shape index (κ2) is 9.64. The van der Waals surface area contributed by atoms with Crippen LogP contribution in [0, 0.1) is 17.8 Å². The van der Waals surface area contributed by atoms with E-state index in [-0.39, 0.29) is 10.8 Å². The van der Waals surface area contributed by atoms with Crippen molar-refractivity contribution in [2.24, 2.45) is 10.8 Å². The molecular formula is C19H40BkN5-. The minimum absolute atomic E-state index is 0. The summed E-state index contributed by atoms with van der Waals surface area (Å²) < 4.78 is 0. The van der Waals surface area contributed by atoms with Gasteiger partial charge in [-0.15, -0.1) is 5.53 Å². The topological polar surface area (TPSA) is 33.8 Å². The van der Waals surface area contributed by atoms with Gasteiger partial charge in [0.1, 0.15) is 0 Å². The zero-order chi connectivity index (χ0) is 18.4. The standard InChI is InChI=1S/C17H34N5.C2H6.Bk/c1-16(2,3)14-17(4,5)15-13-22(19-18-15)12-11-21-9-7-20(6)8-10-21;1-2;/h13,18-19H,1,7-12,14H2,2-6H3;1-2H3;/q-1;;. The largest absolute Gasteiger partial charge is 0.338 e. The van der Waals surface area contributed by atoms with Crippen molar-refractivity contribution in [1.29, 1.82) is 0 Å². The average molecular weight is 586 g/mol. The van der Waals surface area contributed by atoms with Crippen LogP contribution in [0.3, 0.4) is 0 Å². The van der Waals surface area contributed by atoms with Crippen molar-refractivity contribution < 1.29 is 0 Å². The summed E-state index contributed by atoms with van der Waals surface area (Å²) in [4.78, 5) is 4.94. The van der Waals surface area contributed by atoms with Crippen LogP contribution in [-0.2, 0) is 0 Å². The number of hydrogen-bond acceptors (Lipinski definition) is 5. The van der Waals surface area contributed by atoms with Crippen LogP contribution in [0.25, 0.3) is 0 Å². The van der Waals surface area contributed by atoms with Gasteiger partial charge in [0.25, 0.3) is 0 Å². The Balaban J connectivity index is 0.00000185. The maximum absolute atomic E-state index is 4.25. The molecule has 151 valence electrons. The van der Waals surface area contributed by atoms with Crippen molar-refractivity contribution in [2.45, 2.75) is 48.0 Å². The van der Waals surface area contributed by atoms with Gasteiger partial charge in [0.15, 0.2) is 0 Å². The van der Waals surface area contributed by atoms with Crippen LogP contribution in [0.5, 0.6) is 0 Å². The molecule has 0 saturated carbocycles. The summed E-state index contributed by atoms with van der Waals surface area (Å²) >= 11 is 0. The van der Waals surface area contributed by atoms with Crippen LogP contribution in [0.2, 0.25) is 0 Å². The van der Waals surface area contributed by atoms with E-state index in [1.807, 2.05) is 13.8 Å². The van der Waals surface area contributed by atoms with E-state index in [4.69, 9.17) is 0 Å². The van der Waals surface area contributed by atoms with Crippen molar-refractivity contribution in [3.63, 3.8) is 0 Å². The number of likely N-dealkylation sites (N-methyl/N-ethyl adjacent to an activating group) is 1. The van der Waals surface area contributed by atoms with E-state index in [0.29, 0.717) is 0 Å². The summed E-state index contributed by atoms with van der Waals surface area (Å²) in [5.74, 6) is 0. The van der Waals surface area contributed by atoms with E-state index in [0.717, 1.165) is 19.5 Å². The fourth-order valence-corrected chi connectivity index (χ4v) is 3.43. The third kappa shape index (κ3) is 7.76. The van der Waals surface area contributed by atoms with E-state index in [1.165, 1.54) is 31.9 Å². The Hall–Kier alpha value is -1.78. The smallest absolute Gasteiger partial charge is 0.0508 e. The Morgan fingerprint density at radius 2 is 1.60 bits per heavy atom. The van der Waals surface area contributed by atoms with Crippen LogP contribution in [0.4, 0.5) is 0 Å². The number of nitrogens with zero attached hydrogens (tertiary/aromatic N) is 3. The van der Waals surface area contributed by atoms with Crippen LogP contribution in [-0.4, -0.2) is 61.1 Å². The zero-order valence-corrected chi connectivity index (χ0v) is 20.2. The summed E-state index contributed by atoms with van der Waals surface area (Å²) in [6.07, 6.45) is 3.27. The van der Waals surface area contributed by atoms with Crippen molar-refractivity contribution in [2.75, 3.05) is 46.3 Å². The monoisotopic (exact) mass is 585 g/mol. The molecule has 0 aromatic carbocycles. The molecule has 1 radical (unpaired) electrons. The van der Waals surface area contributed by atoms with Crippen LogP contribution < -0.4 is 11.0 Å². The number of piperazine rings is 1. The second-order valence-corrected chi connectivity index (χ2v) is 8.34. The van der Waals surface area contributed by atoms with Gasteiger partial charge in [-0.3, -0.25) is 9.91 Å². The minimum Gasteiger partial charge on any atom is -0.338 e. The maximum atomic E-state index is 4.25. The van der Waals surface area contributed by atoms with Gasteiger partial charge >= 0.3 is 0 Å². The van der Waals surface area contributed by atoms with Gasteiger partial charge in [0, 0.05) is 50.9 Å². The van der Waals surface area contributed by atoms with Crippen molar-refractivity contribution >= 4 is 0 Å². The van der Waals surface area contributed by atoms with E-state index in [1.54, 1.807) is 0 Å². The number of allylic oxidation sites excluding steroid dienone is 1. The fraction of sp³-hybridized carbons (Fsp3) is 0.842. The van der Waals surface area contributed by atoms with Gasteiger partial charge in [0.2, 0.25) is 0 Å². The van der Waals surface area contributed by atoms with E-state index in [2.05, 4.69) is 73.6 Å². The first kappa shape index (κ1) is 23.2. The first-order valence-corrected chi connectivity index (χ1v) is 9.43. The van der Waals surface area contributed by atoms with Crippen LogP contribution >= 0.6 is 0 Å². The van der Waals surface area contributed by atoms with Gasteiger partial charge in [0.05, 0.1) is 5.70 Å². The number of hydrogen-bond donors (Lipinski definition) is 2. The molecule has 0 aromatic heterocycles. The third-order valence-corrected chi connectivity index (χ3v) is 4.52. The fourth-order valence-electron chi connectivity index (χ4n) is 3.43. The molecule has 0 atom stereocenters. The molecule has 6 heteroatoms. The average Bonchev–Trinajstić information content (AvgIpc) is 2.96. The van der Waals surface area contributed by atoms with Crippen LogP contribution in [0.1, 0.15) is 48.0 Å². The van der Waals surface area contributed by atoms with E-state index in [9.17, 15) is 0 Å². The predicted octanol–water partition coefficient (Wildman–Crippen LogP) is 2.70. The van der Waals surface area contributed by atoms with Crippen molar-refractivity contribution in [3.05, 3.63) is 18.8 Å². The summed E-state index contributed by atoms with van der Waals surface area (Å²) in [6.45, 7) is 24.0. The summed E-state index contributed by atoms with van der Waals surface area (Å²) in [5.41, 5.74) is 8.06. The molecule has 1 fully saturated rings. The molecule has 5 nitrogen and oxygen atoms in total. The minimum atomic E-state index is 0. The zero-order valence-electron chi connectivity index (χ0n) is 17.4. The summed E-state index contributed by atoms with van der Waals surface area (Å²) in [5, 5.41) is 2.17. The van der Waals surface area contributed by atoms with E-state index >= 15 is 0 Å². The molecule has 0 spiro atoms. The Kier molecular flexibility index (Phi) is 8.95. The summed E-state index contributed by atoms with van der Waals surface area (Å²) in [6, 6.07) is 0. The van der Waals surface area contributed by atoms with Crippen molar-refractivity contribution in [1.82, 2.24) is 25.8 Å². The molecule has 0 aliphatic carbocycles. The molecule has 1 saturated heterocycles. The molecule has 0 bridgehead atoms. The maximum Gasteiger partial charge on any atom is 0.0508 e. The van der Waals surface area contributed by atoms with Crippen LogP contribution in [0.15, 0.2) is 11.9 Å². The van der Waals surface area contributed by atoms with Crippen molar-refractivity contribution in [3.8, 4) is 0 Å². The Morgan fingerprint density at radius 3 is 2.12 bits per heavy atom. The van der Waals surface area contributed by atoms with Gasteiger partial charge in [-0.1, -0.05) is 48.0 Å². The second-order valence-electron chi connectivity index (χ2n) is 8.34. The van der Waals surface area contributed by atoms with Gasteiger partial charge in [-0.25, -0.2) is 0 Å². The molecule has 2 rings (SSSR count). The molecular weight excluding hydrogens is 545 g/mol. The molecule has 2 aliphatic heterocycles. The molecule has 2 N–H and O–H groups in total. The van der Waals surface area contributed by atoms with E-state index < -0.39 is 0 Å². The Labute approximate surface area is 150 Å². The first-order valence-electron chi connectivity index (χ1n) is 9.43. The normalized spacial score (nSPS) is 19.5.